The van der Waals surface area contributed by atoms with E-state index in [4.69, 9.17) is 0 Å². The van der Waals surface area contributed by atoms with Gasteiger partial charge in [-0.05, 0) is 51.4 Å². The predicted molar refractivity (Wildman–Crippen MR) is 73.0 cm³/mol. The van der Waals surface area contributed by atoms with E-state index in [2.05, 4.69) is 18.7 Å². The Hall–Kier alpha value is -0.670. The number of Topliss-reactive ketones (excluding diaryl/α,β-unsaturated/α-hetero) is 1. The quantitative estimate of drug-likeness (QED) is 0.764. The molecule has 0 aliphatic carbocycles. The average molecular weight is 251 g/mol. The van der Waals surface area contributed by atoms with Crippen molar-refractivity contribution in [3.8, 4) is 0 Å². The second-order valence-corrected chi connectivity index (χ2v) is 6.18. The minimum Gasteiger partial charge on any atom is -0.303 e. The number of carbonyl (C=O) groups excluding carboxylic acids is 1. The molecule has 0 spiro atoms. The van der Waals surface area contributed by atoms with Gasteiger partial charge in [-0.1, -0.05) is 6.42 Å². The van der Waals surface area contributed by atoms with Crippen molar-refractivity contribution in [1.82, 2.24) is 4.90 Å². The average Bonchev–Trinajstić information content (AvgIpc) is 2.68. The van der Waals surface area contributed by atoms with Gasteiger partial charge in [0.15, 0.2) is 5.78 Å². The molecule has 1 aliphatic heterocycles. The van der Waals surface area contributed by atoms with E-state index in [1.54, 1.807) is 11.3 Å². The summed E-state index contributed by atoms with van der Waals surface area (Å²) in [7, 11) is 0. The van der Waals surface area contributed by atoms with E-state index in [9.17, 15) is 4.79 Å². The van der Waals surface area contributed by atoms with E-state index >= 15 is 0 Å². The summed E-state index contributed by atoms with van der Waals surface area (Å²) < 4.78 is 0. The van der Waals surface area contributed by atoms with Gasteiger partial charge in [-0.25, -0.2) is 0 Å². The maximum absolute atomic E-state index is 12.0. The highest BCUT2D eigenvalue weighted by Crippen LogP contribution is 2.22. The Morgan fingerprint density at radius 1 is 1.29 bits per heavy atom. The van der Waals surface area contributed by atoms with Gasteiger partial charge < -0.3 is 4.90 Å². The first kappa shape index (κ1) is 12.8. The molecule has 2 nitrogen and oxygen atoms in total. The zero-order valence-corrected chi connectivity index (χ0v) is 11.6. The SMILES string of the molecule is Cc1cc(C(=O)CCN2CCCCC2)sc1C. The molecule has 2 rings (SSSR count). The van der Waals surface area contributed by atoms with Crippen LogP contribution in [0.3, 0.4) is 0 Å². The van der Waals surface area contributed by atoms with Gasteiger partial charge in [-0.2, -0.15) is 0 Å². The van der Waals surface area contributed by atoms with Crippen LogP contribution in [0.4, 0.5) is 0 Å². The molecule has 1 fully saturated rings. The van der Waals surface area contributed by atoms with E-state index in [0.29, 0.717) is 12.2 Å². The normalized spacial score (nSPS) is 17.3. The molecule has 3 heteroatoms. The number of ketones is 1. The second-order valence-electron chi connectivity index (χ2n) is 4.93. The van der Waals surface area contributed by atoms with E-state index < -0.39 is 0 Å². The molecule has 0 saturated carbocycles. The smallest absolute Gasteiger partial charge is 0.174 e. The molecule has 17 heavy (non-hydrogen) atoms. The molecule has 1 saturated heterocycles. The fourth-order valence-electron chi connectivity index (χ4n) is 2.28. The number of thiophene rings is 1. The number of hydrogen-bond acceptors (Lipinski definition) is 3. The molecule has 2 heterocycles. The zero-order valence-electron chi connectivity index (χ0n) is 10.8. The summed E-state index contributed by atoms with van der Waals surface area (Å²) in [6, 6.07) is 2.04. The molecule has 94 valence electrons. The summed E-state index contributed by atoms with van der Waals surface area (Å²) in [4.78, 5) is 16.7. The third-order valence-corrected chi connectivity index (χ3v) is 4.74. The standard InChI is InChI=1S/C14H21NOS/c1-11-10-14(17-12(11)2)13(16)6-9-15-7-4-3-5-8-15/h10H,3-9H2,1-2H3. The molecule has 1 aromatic rings. The monoisotopic (exact) mass is 251 g/mol. The van der Waals surface area contributed by atoms with Crippen molar-refractivity contribution >= 4 is 17.1 Å². The number of nitrogens with zero attached hydrogens (tertiary/aromatic N) is 1. The molecule has 1 aromatic heterocycles. The van der Waals surface area contributed by atoms with Crippen LogP contribution in [0.5, 0.6) is 0 Å². The molecule has 0 aromatic carbocycles. The van der Waals surface area contributed by atoms with Crippen LogP contribution in [0, 0.1) is 13.8 Å². The van der Waals surface area contributed by atoms with E-state index in [0.717, 1.165) is 11.4 Å². The first-order valence-corrected chi connectivity index (χ1v) is 7.31. The summed E-state index contributed by atoms with van der Waals surface area (Å²) in [6.07, 6.45) is 4.63. The fourth-order valence-corrected chi connectivity index (χ4v) is 3.28. The topological polar surface area (TPSA) is 20.3 Å². The van der Waals surface area contributed by atoms with E-state index in [1.807, 2.05) is 6.07 Å². The van der Waals surface area contributed by atoms with Gasteiger partial charge in [-0.3, -0.25) is 4.79 Å². The molecule has 0 radical (unpaired) electrons. The van der Waals surface area contributed by atoms with Crippen LogP contribution >= 0.6 is 11.3 Å². The lowest BCUT2D eigenvalue weighted by Crippen LogP contribution is -2.31. The maximum Gasteiger partial charge on any atom is 0.174 e. The Kier molecular flexibility index (Phi) is 4.35. The van der Waals surface area contributed by atoms with Crippen molar-refractivity contribution in [3.63, 3.8) is 0 Å². The van der Waals surface area contributed by atoms with Gasteiger partial charge in [0.25, 0.3) is 0 Å². The van der Waals surface area contributed by atoms with Gasteiger partial charge in [0, 0.05) is 17.8 Å². The Morgan fingerprint density at radius 3 is 2.59 bits per heavy atom. The van der Waals surface area contributed by atoms with Crippen LogP contribution in [0.2, 0.25) is 0 Å². The van der Waals surface area contributed by atoms with E-state index in [1.165, 1.54) is 42.8 Å². The highest BCUT2D eigenvalue weighted by molar-refractivity contribution is 7.14. The highest BCUT2D eigenvalue weighted by atomic mass is 32.1. The predicted octanol–water partition coefficient (Wildman–Crippen LogP) is 3.42. The fraction of sp³-hybridized carbons (Fsp3) is 0.643. The summed E-state index contributed by atoms with van der Waals surface area (Å²) >= 11 is 1.64. The van der Waals surface area contributed by atoms with Crippen molar-refractivity contribution in [2.45, 2.75) is 39.5 Å². The number of rotatable bonds is 4. The van der Waals surface area contributed by atoms with Crippen molar-refractivity contribution in [2.24, 2.45) is 0 Å². The number of carbonyl (C=O) groups is 1. The van der Waals surface area contributed by atoms with Crippen LogP contribution in [0.25, 0.3) is 0 Å². The summed E-state index contributed by atoms with van der Waals surface area (Å²) in [5.41, 5.74) is 1.25. The Labute approximate surface area is 108 Å². The lowest BCUT2D eigenvalue weighted by atomic mass is 10.1. The molecule has 1 aliphatic rings. The van der Waals surface area contributed by atoms with Crippen LogP contribution in [-0.4, -0.2) is 30.3 Å². The van der Waals surface area contributed by atoms with Crippen molar-refractivity contribution in [2.75, 3.05) is 19.6 Å². The van der Waals surface area contributed by atoms with Crippen molar-refractivity contribution in [1.29, 1.82) is 0 Å². The summed E-state index contributed by atoms with van der Waals surface area (Å²) in [5.74, 6) is 0.316. The van der Waals surface area contributed by atoms with Crippen LogP contribution < -0.4 is 0 Å². The molecule has 0 N–H and O–H groups in total. The second kappa shape index (κ2) is 5.78. The van der Waals surface area contributed by atoms with E-state index in [-0.39, 0.29) is 0 Å². The number of piperidine rings is 1. The third kappa shape index (κ3) is 3.39. The molecule has 0 bridgehead atoms. The van der Waals surface area contributed by atoms with Crippen LogP contribution in [0.15, 0.2) is 6.07 Å². The molecule has 0 unspecified atom stereocenters. The third-order valence-electron chi connectivity index (χ3n) is 3.54. The molecule has 0 atom stereocenters. The number of hydrogen-bond donors (Lipinski definition) is 0. The lowest BCUT2D eigenvalue weighted by Gasteiger charge is -2.25. The molecular weight excluding hydrogens is 230 g/mol. The number of likely N-dealkylation sites (tertiary alicyclic amines) is 1. The maximum atomic E-state index is 12.0. The minimum atomic E-state index is 0.316. The van der Waals surface area contributed by atoms with Gasteiger partial charge in [0.1, 0.15) is 0 Å². The van der Waals surface area contributed by atoms with Crippen LogP contribution in [0.1, 0.15) is 45.8 Å². The van der Waals surface area contributed by atoms with Gasteiger partial charge in [0.2, 0.25) is 0 Å². The van der Waals surface area contributed by atoms with Crippen LogP contribution in [-0.2, 0) is 0 Å². The first-order valence-electron chi connectivity index (χ1n) is 6.49. The molecule has 0 amide bonds. The van der Waals surface area contributed by atoms with Crippen molar-refractivity contribution < 1.29 is 4.79 Å². The van der Waals surface area contributed by atoms with Gasteiger partial charge in [0.05, 0.1) is 4.88 Å². The summed E-state index contributed by atoms with van der Waals surface area (Å²) in [6.45, 7) is 7.45. The van der Waals surface area contributed by atoms with Gasteiger partial charge in [-0.15, -0.1) is 11.3 Å². The molecular formula is C14H21NOS. The Morgan fingerprint density at radius 2 is 2.00 bits per heavy atom. The Balaban J connectivity index is 1.84. The lowest BCUT2D eigenvalue weighted by molar-refractivity contribution is 0.0962. The minimum absolute atomic E-state index is 0.316. The van der Waals surface area contributed by atoms with Gasteiger partial charge >= 0.3 is 0 Å². The zero-order chi connectivity index (χ0) is 12.3. The largest absolute Gasteiger partial charge is 0.303 e. The highest BCUT2D eigenvalue weighted by Gasteiger charge is 2.14. The van der Waals surface area contributed by atoms with Crippen molar-refractivity contribution in [3.05, 3.63) is 21.4 Å². The number of aryl methyl sites for hydroxylation is 2. The Bertz CT molecular complexity index is 371. The first-order chi connectivity index (χ1) is 8.16. The summed E-state index contributed by atoms with van der Waals surface area (Å²) in [5, 5.41) is 0.